The monoisotopic (exact) mass is 412 g/mol. The Labute approximate surface area is 167 Å². The fourth-order valence-corrected chi connectivity index (χ4v) is 5.37. The topological polar surface area (TPSA) is 20.2 Å². The van der Waals surface area contributed by atoms with Gasteiger partial charge >= 0.3 is 6.18 Å². The number of thiophene rings is 1. The van der Waals surface area contributed by atoms with Gasteiger partial charge in [-0.15, -0.1) is 11.3 Å². The number of fused-ring (bicyclic) bond motifs is 1. The first-order valence-corrected chi connectivity index (χ1v) is 10.3. The van der Waals surface area contributed by atoms with Gasteiger partial charge < -0.3 is 5.11 Å². The maximum Gasteiger partial charge on any atom is 0.416 e. The smallest absolute Gasteiger partial charge is 0.416 e. The third-order valence-corrected chi connectivity index (χ3v) is 6.67. The van der Waals surface area contributed by atoms with Crippen LogP contribution in [0.2, 0.25) is 0 Å². The zero-order chi connectivity index (χ0) is 20.0. The maximum absolute atomic E-state index is 13.2. The highest BCUT2D eigenvalue weighted by Gasteiger charge is 2.34. The van der Waals surface area contributed by atoms with Crippen molar-refractivity contribution in [2.75, 3.05) is 5.75 Å². The highest BCUT2D eigenvalue weighted by molar-refractivity contribution is 7.80. The molecule has 27 heavy (non-hydrogen) atoms. The van der Waals surface area contributed by atoms with Crippen molar-refractivity contribution in [3.63, 3.8) is 0 Å². The summed E-state index contributed by atoms with van der Waals surface area (Å²) in [6, 6.07) is 3.85. The van der Waals surface area contributed by atoms with E-state index < -0.39 is 11.7 Å². The zero-order valence-electron chi connectivity index (χ0n) is 15.4. The van der Waals surface area contributed by atoms with E-state index in [-0.39, 0.29) is 11.2 Å². The minimum Gasteiger partial charge on any atom is -0.508 e. The van der Waals surface area contributed by atoms with Gasteiger partial charge in [-0.05, 0) is 65.7 Å². The molecule has 1 aliphatic carbocycles. The van der Waals surface area contributed by atoms with E-state index in [0.717, 1.165) is 41.3 Å². The van der Waals surface area contributed by atoms with E-state index in [2.05, 4.69) is 33.1 Å². The highest BCUT2D eigenvalue weighted by atomic mass is 32.1. The van der Waals surface area contributed by atoms with Crippen LogP contribution in [0.5, 0.6) is 0 Å². The molecule has 0 fully saturated rings. The Morgan fingerprint density at radius 3 is 2.63 bits per heavy atom. The molecule has 1 nitrogen and oxygen atoms in total. The standard InChI is InChI=1S/C21H23F3OS2/c1-12(25)18-16-11-20(2,3)8-6-17(16)27-19(18)15-5-4-14(21(22,23)24)10-13(15)7-9-26/h4-5,10,25-26H,1,6-9,11H2,2-3H3. The van der Waals surface area contributed by atoms with Gasteiger partial charge in [-0.3, -0.25) is 0 Å². The molecule has 1 aromatic heterocycles. The molecule has 1 aliphatic rings. The van der Waals surface area contributed by atoms with Crippen molar-refractivity contribution in [2.45, 2.75) is 45.7 Å². The molecule has 0 bridgehead atoms. The lowest BCUT2D eigenvalue weighted by molar-refractivity contribution is -0.137. The lowest BCUT2D eigenvalue weighted by Crippen LogP contribution is -2.21. The first-order chi connectivity index (χ1) is 12.5. The van der Waals surface area contributed by atoms with Crippen LogP contribution in [0.3, 0.4) is 0 Å². The molecule has 2 aromatic rings. The van der Waals surface area contributed by atoms with Gasteiger partial charge in [0.2, 0.25) is 0 Å². The molecular weight excluding hydrogens is 389 g/mol. The van der Waals surface area contributed by atoms with Crippen molar-refractivity contribution < 1.29 is 18.3 Å². The quantitative estimate of drug-likeness (QED) is 0.411. The predicted molar refractivity (Wildman–Crippen MR) is 110 cm³/mol. The molecule has 3 rings (SSSR count). The zero-order valence-corrected chi connectivity index (χ0v) is 17.1. The molecule has 0 unspecified atom stereocenters. The number of aryl methyl sites for hydroxylation is 2. The van der Waals surface area contributed by atoms with E-state index >= 15 is 0 Å². The summed E-state index contributed by atoms with van der Waals surface area (Å²) in [6.07, 6.45) is -1.17. The van der Waals surface area contributed by atoms with Crippen LogP contribution in [0.15, 0.2) is 24.8 Å². The van der Waals surface area contributed by atoms with E-state index in [1.54, 1.807) is 11.3 Å². The molecule has 0 amide bonds. The molecule has 0 atom stereocenters. The van der Waals surface area contributed by atoms with E-state index in [4.69, 9.17) is 0 Å². The Kier molecular flexibility index (Phi) is 5.43. The summed E-state index contributed by atoms with van der Waals surface area (Å²) in [7, 11) is 0. The largest absolute Gasteiger partial charge is 0.508 e. The van der Waals surface area contributed by atoms with Gasteiger partial charge in [0.25, 0.3) is 0 Å². The third-order valence-electron chi connectivity index (χ3n) is 5.12. The van der Waals surface area contributed by atoms with Crippen LogP contribution in [-0.4, -0.2) is 10.9 Å². The Morgan fingerprint density at radius 2 is 2.04 bits per heavy atom. The first-order valence-electron chi connectivity index (χ1n) is 8.87. The number of thiol groups is 1. The first kappa shape index (κ1) is 20.3. The van der Waals surface area contributed by atoms with Gasteiger partial charge in [0.15, 0.2) is 0 Å². The summed E-state index contributed by atoms with van der Waals surface area (Å²) in [4.78, 5) is 2.02. The molecule has 6 heteroatoms. The molecule has 1 heterocycles. The Hall–Kier alpha value is -1.40. The van der Waals surface area contributed by atoms with Crippen molar-refractivity contribution in [3.05, 3.63) is 51.9 Å². The number of hydrogen-bond acceptors (Lipinski definition) is 3. The molecule has 1 N–H and O–H groups in total. The molecule has 0 radical (unpaired) electrons. The second kappa shape index (κ2) is 7.21. The number of aliphatic hydroxyl groups is 1. The second-order valence-electron chi connectivity index (χ2n) is 7.84. The Bertz CT molecular complexity index is 878. The minimum absolute atomic E-state index is 0.0167. The lowest BCUT2D eigenvalue weighted by atomic mass is 9.75. The van der Waals surface area contributed by atoms with Gasteiger partial charge in [-0.25, -0.2) is 0 Å². The van der Waals surface area contributed by atoms with Gasteiger partial charge in [-0.2, -0.15) is 25.8 Å². The Morgan fingerprint density at radius 1 is 1.33 bits per heavy atom. The number of rotatable bonds is 4. The van der Waals surface area contributed by atoms with Crippen LogP contribution in [0.1, 0.15) is 47.4 Å². The number of benzene rings is 1. The van der Waals surface area contributed by atoms with Crippen LogP contribution in [-0.2, 0) is 25.4 Å². The molecule has 0 spiro atoms. The summed E-state index contributed by atoms with van der Waals surface area (Å²) in [6.45, 7) is 8.13. The van der Waals surface area contributed by atoms with Crippen molar-refractivity contribution >= 4 is 29.7 Å². The normalized spacial score (nSPS) is 16.2. The predicted octanol–water partition coefficient (Wildman–Crippen LogP) is 6.95. The number of halogens is 3. The molecular formula is C21H23F3OS2. The molecule has 0 aliphatic heterocycles. The lowest BCUT2D eigenvalue weighted by Gasteiger charge is -2.30. The number of aliphatic hydroxyl groups excluding tert-OH is 1. The average molecular weight is 413 g/mol. The number of alkyl halides is 3. The molecule has 146 valence electrons. The van der Waals surface area contributed by atoms with Crippen LogP contribution in [0, 0.1) is 5.41 Å². The van der Waals surface area contributed by atoms with Crippen LogP contribution in [0.4, 0.5) is 13.2 Å². The third kappa shape index (κ3) is 4.06. The highest BCUT2D eigenvalue weighted by Crippen LogP contribution is 2.48. The van der Waals surface area contributed by atoms with Crippen molar-refractivity contribution in [2.24, 2.45) is 5.41 Å². The van der Waals surface area contributed by atoms with Gasteiger partial charge in [0, 0.05) is 15.3 Å². The fraction of sp³-hybridized carbons (Fsp3) is 0.429. The van der Waals surface area contributed by atoms with E-state index in [0.29, 0.717) is 23.3 Å². The fourth-order valence-electron chi connectivity index (χ4n) is 3.73. The van der Waals surface area contributed by atoms with Crippen LogP contribution in [0.25, 0.3) is 16.2 Å². The van der Waals surface area contributed by atoms with Gasteiger partial charge in [0.05, 0.1) is 5.56 Å². The number of hydrogen-bond donors (Lipinski definition) is 2. The minimum atomic E-state index is -4.38. The van der Waals surface area contributed by atoms with Gasteiger partial charge in [0.1, 0.15) is 5.76 Å². The summed E-state index contributed by atoms with van der Waals surface area (Å²) in [5.74, 6) is 0.430. The summed E-state index contributed by atoms with van der Waals surface area (Å²) in [5, 5.41) is 10.3. The van der Waals surface area contributed by atoms with E-state index in [1.807, 2.05) is 0 Å². The summed E-state index contributed by atoms with van der Waals surface area (Å²) in [5.41, 5.74) is 2.59. The molecule has 0 saturated carbocycles. The average Bonchev–Trinajstić information content (AvgIpc) is 2.91. The van der Waals surface area contributed by atoms with E-state index in [1.165, 1.54) is 17.0 Å². The Balaban J connectivity index is 2.19. The van der Waals surface area contributed by atoms with Crippen LogP contribution >= 0.6 is 24.0 Å². The molecule has 1 aromatic carbocycles. The van der Waals surface area contributed by atoms with Crippen LogP contribution < -0.4 is 0 Å². The molecule has 0 saturated heterocycles. The summed E-state index contributed by atoms with van der Waals surface area (Å²) >= 11 is 5.79. The second-order valence-corrected chi connectivity index (χ2v) is 9.39. The van der Waals surface area contributed by atoms with E-state index in [9.17, 15) is 18.3 Å². The van der Waals surface area contributed by atoms with Crippen molar-refractivity contribution in [1.82, 2.24) is 0 Å². The summed E-state index contributed by atoms with van der Waals surface area (Å²) < 4.78 is 39.5. The van der Waals surface area contributed by atoms with Gasteiger partial charge in [-0.1, -0.05) is 26.5 Å². The maximum atomic E-state index is 13.2. The SMILES string of the molecule is C=C(O)c1c(-c2ccc(C(F)(F)F)cc2CCS)sc2c1CC(C)(C)CC2. The van der Waals surface area contributed by atoms with Crippen molar-refractivity contribution in [3.8, 4) is 10.4 Å². The van der Waals surface area contributed by atoms with Crippen molar-refractivity contribution in [1.29, 1.82) is 0 Å².